The maximum Gasteiger partial charge on any atom is 0.254 e. The number of ether oxygens (including phenoxy) is 1. The van der Waals surface area contributed by atoms with Crippen molar-refractivity contribution in [2.45, 2.75) is 18.1 Å². The fourth-order valence-electron chi connectivity index (χ4n) is 3.93. The molecule has 1 saturated heterocycles. The molecule has 1 amide bonds. The molecule has 6 heteroatoms. The number of aliphatic hydroxyl groups excluding tert-OH is 1. The van der Waals surface area contributed by atoms with E-state index in [-0.39, 0.29) is 18.2 Å². The van der Waals surface area contributed by atoms with E-state index in [2.05, 4.69) is 0 Å². The Kier molecular flexibility index (Phi) is 5.48. The SMILES string of the molecule is COc1cc(C(=O)N2CC[C@@](c3ccccc3)(N(C)C)[C@H](O)C2)ccc1F. The van der Waals surface area contributed by atoms with Crippen LogP contribution in [0.15, 0.2) is 48.5 Å². The molecule has 0 spiro atoms. The Balaban J connectivity index is 1.84. The van der Waals surface area contributed by atoms with Crippen molar-refractivity contribution in [2.75, 3.05) is 34.3 Å². The minimum absolute atomic E-state index is 0.0327. The quantitative estimate of drug-likeness (QED) is 0.896. The lowest BCUT2D eigenvalue weighted by molar-refractivity contribution is -0.0612. The summed E-state index contributed by atoms with van der Waals surface area (Å²) in [6, 6.07) is 13.9. The molecule has 3 rings (SSSR count). The Morgan fingerprint density at radius 3 is 2.56 bits per heavy atom. The highest BCUT2D eigenvalue weighted by Crippen LogP contribution is 2.38. The van der Waals surface area contributed by atoms with Crippen LogP contribution in [0.1, 0.15) is 22.3 Å². The van der Waals surface area contributed by atoms with Gasteiger partial charge in [-0.15, -0.1) is 0 Å². The molecule has 5 nitrogen and oxygen atoms in total. The van der Waals surface area contributed by atoms with Gasteiger partial charge >= 0.3 is 0 Å². The summed E-state index contributed by atoms with van der Waals surface area (Å²) in [6.45, 7) is 0.689. The lowest BCUT2D eigenvalue weighted by atomic mass is 9.77. The molecule has 1 N–H and O–H groups in total. The van der Waals surface area contributed by atoms with Crippen molar-refractivity contribution in [3.05, 3.63) is 65.5 Å². The summed E-state index contributed by atoms with van der Waals surface area (Å²) in [5, 5.41) is 11.0. The van der Waals surface area contributed by atoms with E-state index in [0.717, 1.165) is 5.56 Å². The van der Waals surface area contributed by atoms with E-state index in [9.17, 15) is 14.3 Å². The van der Waals surface area contributed by atoms with E-state index < -0.39 is 17.5 Å². The maximum atomic E-state index is 13.6. The average Bonchev–Trinajstić information content (AvgIpc) is 2.68. The number of aliphatic hydroxyl groups is 1. The molecule has 144 valence electrons. The standard InChI is InChI=1S/C21H25FN2O3/c1-23(2)21(16-7-5-4-6-8-16)11-12-24(14-19(21)25)20(26)15-9-10-17(22)18(13-15)27-3/h4-10,13,19,25H,11-12,14H2,1-3H3/t19-,21+/m1/s1. The van der Waals surface area contributed by atoms with Crippen LogP contribution in [-0.4, -0.2) is 61.2 Å². The van der Waals surface area contributed by atoms with Crippen LogP contribution in [-0.2, 0) is 5.54 Å². The predicted molar refractivity (Wildman–Crippen MR) is 101 cm³/mol. The number of methoxy groups -OCH3 is 1. The first-order chi connectivity index (χ1) is 12.9. The number of amides is 1. The molecule has 0 unspecified atom stereocenters. The zero-order valence-corrected chi connectivity index (χ0v) is 15.9. The molecule has 2 aromatic carbocycles. The molecule has 1 fully saturated rings. The number of carbonyl (C=O) groups is 1. The van der Waals surface area contributed by atoms with Crippen molar-refractivity contribution in [2.24, 2.45) is 0 Å². The lowest BCUT2D eigenvalue weighted by Crippen LogP contribution is -2.60. The molecular formula is C21H25FN2O3. The largest absolute Gasteiger partial charge is 0.494 e. The molecule has 0 saturated carbocycles. The summed E-state index contributed by atoms with van der Waals surface area (Å²) < 4.78 is 18.6. The van der Waals surface area contributed by atoms with E-state index in [1.165, 1.54) is 25.3 Å². The van der Waals surface area contributed by atoms with Gasteiger partial charge in [-0.1, -0.05) is 30.3 Å². The Labute approximate surface area is 159 Å². The van der Waals surface area contributed by atoms with Crippen LogP contribution in [0.5, 0.6) is 5.75 Å². The van der Waals surface area contributed by atoms with E-state index in [1.54, 1.807) is 4.90 Å². The third-order valence-corrected chi connectivity index (χ3v) is 5.46. The maximum absolute atomic E-state index is 13.6. The van der Waals surface area contributed by atoms with Crippen LogP contribution in [0.3, 0.4) is 0 Å². The van der Waals surface area contributed by atoms with Crippen LogP contribution in [0.25, 0.3) is 0 Å². The number of benzene rings is 2. The monoisotopic (exact) mass is 372 g/mol. The van der Waals surface area contributed by atoms with Crippen LogP contribution >= 0.6 is 0 Å². The number of piperidine rings is 1. The Hall–Kier alpha value is -2.44. The highest BCUT2D eigenvalue weighted by atomic mass is 19.1. The molecule has 0 radical (unpaired) electrons. The lowest BCUT2D eigenvalue weighted by Gasteiger charge is -2.49. The molecule has 1 aliphatic rings. The van der Waals surface area contributed by atoms with Crippen molar-refractivity contribution >= 4 is 5.91 Å². The van der Waals surface area contributed by atoms with Gasteiger partial charge in [0, 0.05) is 18.7 Å². The summed E-state index contributed by atoms with van der Waals surface area (Å²) in [5.74, 6) is -0.721. The van der Waals surface area contributed by atoms with Crippen LogP contribution in [0.2, 0.25) is 0 Å². The number of halogens is 1. The van der Waals surface area contributed by atoms with Gasteiger partial charge in [-0.3, -0.25) is 9.69 Å². The summed E-state index contributed by atoms with van der Waals surface area (Å²) in [6.07, 6.45) is -0.162. The van der Waals surface area contributed by atoms with Gasteiger partial charge in [-0.25, -0.2) is 4.39 Å². The van der Waals surface area contributed by atoms with Crippen molar-refractivity contribution in [1.29, 1.82) is 0 Å². The van der Waals surface area contributed by atoms with Crippen LogP contribution in [0.4, 0.5) is 4.39 Å². The highest BCUT2D eigenvalue weighted by molar-refractivity contribution is 5.94. The van der Waals surface area contributed by atoms with Crippen LogP contribution < -0.4 is 4.74 Å². The predicted octanol–water partition coefficient (Wildman–Crippen LogP) is 2.50. The van der Waals surface area contributed by atoms with Crippen molar-refractivity contribution in [3.8, 4) is 5.75 Å². The number of nitrogens with zero attached hydrogens (tertiary/aromatic N) is 2. The highest BCUT2D eigenvalue weighted by Gasteiger charge is 2.46. The van der Waals surface area contributed by atoms with Gasteiger partial charge in [0.25, 0.3) is 5.91 Å². The van der Waals surface area contributed by atoms with E-state index in [0.29, 0.717) is 18.5 Å². The second-order valence-electron chi connectivity index (χ2n) is 7.05. The molecule has 2 aromatic rings. The third-order valence-electron chi connectivity index (χ3n) is 5.46. The van der Waals surface area contributed by atoms with Crippen molar-refractivity contribution in [3.63, 3.8) is 0 Å². The molecule has 27 heavy (non-hydrogen) atoms. The van der Waals surface area contributed by atoms with Crippen LogP contribution in [0, 0.1) is 5.82 Å². The normalized spacial score (nSPS) is 22.7. The third kappa shape index (κ3) is 3.42. The fraction of sp³-hybridized carbons (Fsp3) is 0.381. The number of likely N-dealkylation sites (N-methyl/N-ethyl adjacent to an activating group) is 1. The molecule has 2 atom stereocenters. The molecule has 1 aliphatic heterocycles. The first kappa shape index (κ1) is 19.3. The summed E-state index contributed by atoms with van der Waals surface area (Å²) in [5.41, 5.74) is 0.814. The van der Waals surface area contributed by atoms with Gasteiger partial charge in [0.1, 0.15) is 0 Å². The minimum atomic E-state index is -0.755. The van der Waals surface area contributed by atoms with Gasteiger partial charge in [0.15, 0.2) is 11.6 Å². The Bertz CT molecular complexity index is 812. The zero-order valence-electron chi connectivity index (χ0n) is 15.9. The fourth-order valence-corrected chi connectivity index (χ4v) is 3.93. The topological polar surface area (TPSA) is 53.0 Å². The van der Waals surface area contributed by atoms with Gasteiger partial charge < -0.3 is 14.7 Å². The number of carbonyl (C=O) groups excluding carboxylic acids is 1. The Morgan fingerprint density at radius 1 is 1.26 bits per heavy atom. The molecule has 0 aromatic heterocycles. The van der Waals surface area contributed by atoms with Crippen molar-refractivity contribution < 1.29 is 19.0 Å². The Morgan fingerprint density at radius 2 is 1.96 bits per heavy atom. The van der Waals surface area contributed by atoms with E-state index in [1.807, 2.05) is 49.3 Å². The van der Waals surface area contributed by atoms with Gasteiger partial charge in [-0.05, 0) is 44.3 Å². The van der Waals surface area contributed by atoms with Gasteiger partial charge in [-0.2, -0.15) is 0 Å². The second kappa shape index (κ2) is 7.66. The van der Waals surface area contributed by atoms with Gasteiger partial charge in [0.2, 0.25) is 0 Å². The van der Waals surface area contributed by atoms with E-state index >= 15 is 0 Å². The smallest absolute Gasteiger partial charge is 0.254 e. The molecule has 0 bridgehead atoms. The minimum Gasteiger partial charge on any atom is -0.494 e. The van der Waals surface area contributed by atoms with Crippen molar-refractivity contribution in [1.82, 2.24) is 9.80 Å². The zero-order chi connectivity index (χ0) is 19.6. The number of hydrogen-bond acceptors (Lipinski definition) is 4. The average molecular weight is 372 g/mol. The first-order valence-corrected chi connectivity index (χ1v) is 8.94. The number of likely N-dealkylation sites (tertiary alicyclic amines) is 1. The molecular weight excluding hydrogens is 347 g/mol. The number of hydrogen-bond donors (Lipinski definition) is 1. The molecule has 0 aliphatic carbocycles. The van der Waals surface area contributed by atoms with E-state index in [4.69, 9.17) is 4.74 Å². The second-order valence-corrected chi connectivity index (χ2v) is 7.05. The number of rotatable bonds is 4. The van der Waals surface area contributed by atoms with Gasteiger partial charge in [0.05, 0.1) is 18.8 Å². The number of β-amino-alcohol motifs (C(OH)–C–C–N with tert-alkyl or cyclic N) is 1. The molecule has 1 heterocycles. The summed E-state index contributed by atoms with van der Waals surface area (Å²) in [4.78, 5) is 16.5. The first-order valence-electron chi connectivity index (χ1n) is 8.94. The summed E-state index contributed by atoms with van der Waals surface area (Å²) in [7, 11) is 5.25. The summed E-state index contributed by atoms with van der Waals surface area (Å²) >= 11 is 0.